The topological polar surface area (TPSA) is 55.4 Å². The van der Waals surface area contributed by atoms with Crippen molar-refractivity contribution in [3.8, 4) is 0 Å². The number of hydrogen-bond acceptors (Lipinski definition) is 5. The summed E-state index contributed by atoms with van der Waals surface area (Å²) < 4.78 is 6.13. The van der Waals surface area contributed by atoms with E-state index in [9.17, 15) is 9.59 Å². The minimum atomic E-state index is -0.296. The molecule has 24 heavy (non-hydrogen) atoms. The Morgan fingerprint density at radius 3 is 2.71 bits per heavy atom. The quantitative estimate of drug-likeness (QED) is 0.566. The van der Waals surface area contributed by atoms with Gasteiger partial charge in [0.2, 0.25) is 0 Å². The van der Waals surface area contributed by atoms with Crippen molar-refractivity contribution in [2.75, 3.05) is 18.5 Å². The van der Waals surface area contributed by atoms with Crippen LogP contribution in [0.3, 0.4) is 0 Å². The number of nitrogens with one attached hydrogen (secondary N) is 1. The van der Waals surface area contributed by atoms with Gasteiger partial charge in [-0.05, 0) is 43.9 Å². The van der Waals surface area contributed by atoms with Crippen molar-refractivity contribution in [2.24, 2.45) is 0 Å². The number of halogens is 1. The zero-order valence-corrected chi connectivity index (χ0v) is 15.8. The highest BCUT2D eigenvalue weighted by Gasteiger charge is 2.27. The number of esters is 1. The number of hydrogen-bond donors (Lipinski definition) is 1. The molecule has 1 aliphatic rings. The van der Waals surface area contributed by atoms with Gasteiger partial charge in [0, 0.05) is 14.9 Å². The van der Waals surface area contributed by atoms with E-state index in [-0.39, 0.29) is 18.3 Å². The number of rotatable bonds is 6. The SMILES string of the molecule is CCOC(=O)c1c(NCC(=O)c2ccc(Br)cc2)sc2c1CCC2. The van der Waals surface area contributed by atoms with Crippen LogP contribution in [0.4, 0.5) is 5.00 Å². The summed E-state index contributed by atoms with van der Waals surface area (Å²) in [5, 5.41) is 3.90. The molecular formula is C18H18BrNO3S. The Kier molecular flexibility index (Phi) is 5.36. The molecule has 0 aliphatic heterocycles. The van der Waals surface area contributed by atoms with Crippen LogP contribution in [0, 0.1) is 0 Å². The molecular weight excluding hydrogens is 390 g/mol. The van der Waals surface area contributed by atoms with Gasteiger partial charge in [0.25, 0.3) is 0 Å². The maximum atomic E-state index is 12.3. The molecule has 1 heterocycles. The zero-order valence-electron chi connectivity index (χ0n) is 13.4. The maximum absolute atomic E-state index is 12.3. The first-order valence-electron chi connectivity index (χ1n) is 7.94. The first-order valence-corrected chi connectivity index (χ1v) is 9.55. The van der Waals surface area contributed by atoms with Crippen molar-refractivity contribution in [1.29, 1.82) is 0 Å². The maximum Gasteiger partial charge on any atom is 0.341 e. The van der Waals surface area contributed by atoms with Crippen LogP contribution in [-0.4, -0.2) is 24.9 Å². The summed E-state index contributed by atoms with van der Waals surface area (Å²) in [5.41, 5.74) is 2.36. The summed E-state index contributed by atoms with van der Waals surface area (Å²) in [7, 11) is 0. The molecule has 0 fully saturated rings. The van der Waals surface area contributed by atoms with Crippen molar-refractivity contribution in [3.63, 3.8) is 0 Å². The fourth-order valence-corrected chi connectivity index (χ4v) is 4.38. The molecule has 1 aliphatic carbocycles. The summed E-state index contributed by atoms with van der Waals surface area (Å²) in [4.78, 5) is 25.8. The Bertz CT molecular complexity index is 767. The minimum Gasteiger partial charge on any atom is -0.462 e. The highest BCUT2D eigenvalue weighted by atomic mass is 79.9. The Balaban J connectivity index is 1.76. The molecule has 2 aromatic rings. The largest absolute Gasteiger partial charge is 0.462 e. The van der Waals surface area contributed by atoms with Gasteiger partial charge in [-0.3, -0.25) is 4.79 Å². The van der Waals surface area contributed by atoms with E-state index < -0.39 is 0 Å². The second-order valence-corrected chi connectivity index (χ2v) is 7.59. The fourth-order valence-electron chi connectivity index (χ4n) is 2.85. The molecule has 1 N–H and O–H groups in total. The molecule has 0 radical (unpaired) electrons. The second-order valence-electron chi connectivity index (χ2n) is 5.57. The van der Waals surface area contributed by atoms with Crippen LogP contribution < -0.4 is 5.32 Å². The van der Waals surface area contributed by atoms with Crippen LogP contribution >= 0.6 is 27.3 Å². The second kappa shape index (κ2) is 7.49. The number of ketones is 1. The van der Waals surface area contributed by atoms with Gasteiger partial charge < -0.3 is 10.1 Å². The molecule has 0 atom stereocenters. The monoisotopic (exact) mass is 407 g/mol. The van der Waals surface area contributed by atoms with Crippen LogP contribution in [-0.2, 0) is 17.6 Å². The molecule has 3 rings (SSSR count). The number of thiophene rings is 1. The molecule has 0 spiro atoms. The molecule has 1 aromatic heterocycles. The van der Waals surface area contributed by atoms with E-state index in [1.807, 2.05) is 12.1 Å². The minimum absolute atomic E-state index is 0.00846. The van der Waals surface area contributed by atoms with Gasteiger partial charge in [-0.1, -0.05) is 28.1 Å². The smallest absolute Gasteiger partial charge is 0.341 e. The number of ether oxygens (including phenoxy) is 1. The van der Waals surface area contributed by atoms with Gasteiger partial charge >= 0.3 is 5.97 Å². The van der Waals surface area contributed by atoms with Crippen molar-refractivity contribution >= 4 is 44.0 Å². The van der Waals surface area contributed by atoms with Crippen LogP contribution in [0.2, 0.25) is 0 Å². The average Bonchev–Trinajstić information content (AvgIpc) is 3.13. The third-order valence-corrected chi connectivity index (χ3v) is 5.75. The lowest BCUT2D eigenvalue weighted by Gasteiger charge is -2.08. The number of carbonyl (C=O) groups is 2. The third kappa shape index (κ3) is 3.54. The Labute approximate surface area is 153 Å². The zero-order chi connectivity index (χ0) is 17.1. The Hall–Kier alpha value is -1.66. The van der Waals surface area contributed by atoms with E-state index in [1.165, 1.54) is 4.88 Å². The van der Waals surface area contributed by atoms with Gasteiger partial charge in [0.15, 0.2) is 5.78 Å². The lowest BCUT2D eigenvalue weighted by molar-refractivity contribution is 0.0526. The van der Waals surface area contributed by atoms with E-state index >= 15 is 0 Å². The molecule has 0 amide bonds. The van der Waals surface area contributed by atoms with Crippen molar-refractivity contribution < 1.29 is 14.3 Å². The Morgan fingerprint density at radius 1 is 1.25 bits per heavy atom. The summed E-state index contributed by atoms with van der Waals surface area (Å²) in [6, 6.07) is 7.26. The summed E-state index contributed by atoms with van der Waals surface area (Å²) in [6.45, 7) is 2.31. The van der Waals surface area contributed by atoms with Gasteiger partial charge in [0.1, 0.15) is 5.00 Å². The summed E-state index contributed by atoms with van der Waals surface area (Å²) >= 11 is 4.93. The first kappa shape index (κ1) is 17.2. The molecule has 4 nitrogen and oxygen atoms in total. The summed E-state index contributed by atoms with van der Waals surface area (Å²) in [5.74, 6) is -0.304. The predicted octanol–water partition coefficient (Wildman–Crippen LogP) is 4.47. The molecule has 1 aromatic carbocycles. The Morgan fingerprint density at radius 2 is 2.00 bits per heavy atom. The molecule has 0 bridgehead atoms. The van der Waals surface area contributed by atoms with Gasteiger partial charge in [0.05, 0.1) is 18.7 Å². The molecule has 0 saturated heterocycles. The molecule has 0 unspecified atom stereocenters. The average molecular weight is 408 g/mol. The predicted molar refractivity (Wildman–Crippen MR) is 99.3 cm³/mol. The highest BCUT2D eigenvalue weighted by molar-refractivity contribution is 9.10. The molecule has 6 heteroatoms. The van der Waals surface area contributed by atoms with Gasteiger partial charge in [-0.2, -0.15) is 0 Å². The van der Waals surface area contributed by atoms with E-state index in [4.69, 9.17) is 4.74 Å². The molecule has 126 valence electrons. The summed E-state index contributed by atoms with van der Waals surface area (Å²) in [6.07, 6.45) is 2.97. The number of Topliss-reactive ketones (excluding diaryl/α,β-unsaturated/α-hetero) is 1. The third-order valence-electron chi connectivity index (χ3n) is 3.98. The van der Waals surface area contributed by atoms with E-state index in [0.29, 0.717) is 17.7 Å². The van der Waals surface area contributed by atoms with Crippen LogP contribution in [0.15, 0.2) is 28.7 Å². The van der Waals surface area contributed by atoms with E-state index in [2.05, 4.69) is 21.2 Å². The number of aryl methyl sites for hydroxylation is 1. The van der Waals surface area contributed by atoms with Crippen LogP contribution in [0.25, 0.3) is 0 Å². The fraction of sp³-hybridized carbons (Fsp3) is 0.333. The highest BCUT2D eigenvalue weighted by Crippen LogP contribution is 2.39. The van der Waals surface area contributed by atoms with Crippen molar-refractivity contribution in [2.45, 2.75) is 26.2 Å². The lowest BCUT2D eigenvalue weighted by atomic mass is 10.1. The first-order chi connectivity index (χ1) is 11.6. The van der Waals surface area contributed by atoms with E-state index in [1.54, 1.807) is 30.4 Å². The standard InChI is InChI=1S/C18H18BrNO3S/c1-2-23-18(22)16-13-4-3-5-15(13)24-17(16)20-10-14(21)11-6-8-12(19)9-7-11/h6-9,20H,2-5,10H2,1H3. The van der Waals surface area contributed by atoms with Crippen LogP contribution in [0.1, 0.15) is 44.5 Å². The van der Waals surface area contributed by atoms with Crippen molar-refractivity contribution in [3.05, 3.63) is 50.3 Å². The van der Waals surface area contributed by atoms with Crippen LogP contribution in [0.5, 0.6) is 0 Å². The number of fused-ring (bicyclic) bond motifs is 1. The number of carbonyl (C=O) groups excluding carboxylic acids is 2. The molecule has 0 saturated carbocycles. The van der Waals surface area contributed by atoms with Crippen molar-refractivity contribution in [1.82, 2.24) is 0 Å². The number of benzene rings is 1. The van der Waals surface area contributed by atoms with Gasteiger partial charge in [-0.15, -0.1) is 11.3 Å². The van der Waals surface area contributed by atoms with E-state index in [0.717, 1.165) is 34.3 Å². The number of anilines is 1. The normalized spacial score (nSPS) is 12.8. The lowest BCUT2D eigenvalue weighted by Crippen LogP contribution is -2.16. The van der Waals surface area contributed by atoms with Gasteiger partial charge in [-0.25, -0.2) is 4.79 Å².